The van der Waals surface area contributed by atoms with Crippen LogP contribution in [0.3, 0.4) is 0 Å². The van der Waals surface area contributed by atoms with Crippen LogP contribution in [0.2, 0.25) is 0 Å². The number of aliphatic hydroxyl groups is 4. The van der Waals surface area contributed by atoms with E-state index in [0.717, 1.165) is 44.9 Å². The van der Waals surface area contributed by atoms with E-state index in [2.05, 4.69) is 19.2 Å². The molecule has 4 atom stereocenters. The summed E-state index contributed by atoms with van der Waals surface area (Å²) in [4.78, 5) is 12.1. The minimum atomic E-state index is -1.24. The van der Waals surface area contributed by atoms with E-state index >= 15 is 0 Å². The molecule has 0 saturated heterocycles. The van der Waals surface area contributed by atoms with Gasteiger partial charge in [-0.15, -0.1) is 0 Å². The molecule has 0 bridgehead atoms. The van der Waals surface area contributed by atoms with E-state index in [1.165, 1.54) is 32.1 Å². The Hall–Kier alpha value is -0.690. The number of hydrogen-bond acceptors (Lipinski definition) is 5. The van der Waals surface area contributed by atoms with Crippen molar-refractivity contribution in [3.8, 4) is 0 Å². The zero-order valence-corrected chi connectivity index (χ0v) is 18.1. The maximum Gasteiger partial charge on any atom is 0.249 e. The van der Waals surface area contributed by atoms with Crippen LogP contribution in [0.15, 0.2) is 0 Å². The van der Waals surface area contributed by atoms with Gasteiger partial charge in [0, 0.05) is 0 Å². The molecular formula is C22H45NO5. The highest BCUT2D eigenvalue weighted by Gasteiger charge is 2.28. The van der Waals surface area contributed by atoms with Crippen LogP contribution in [0.25, 0.3) is 0 Å². The van der Waals surface area contributed by atoms with Crippen molar-refractivity contribution in [2.24, 2.45) is 0 Å². The number of nitrogens with one attached hydrogen (secondary N) is 1. The standard InChI is InChI=1S/C22H45NO5/c1-3-5-7-9-10-11-12-14-16-20(26)22(28)23-18(17-24)21(27)19(25)15-13-8-6-4-2/h18-21,24-27H,3-17H2,1-2H3,(H,23,28). The van der Waals surface area contributed by atoms with Gasteiger partial charge < -0.3 is 25.7 Å². The van der Waals surface area contributed by atoms with Gasteiger partial charge in [0.05, 0.1) is 18.8 Å². The first-order chi connectivity index (χ1) is 13.5. The van der Waals surface area contributed by atoms with Gasteiger partial charge in [-0.05, 0) is 12.8 Å². The second-order valence-electron chi connectivity index (χ2n) is 7.98. The third kappa shape index (κ3) is 13.5. The molecule has 0 fully saturated rings. The first-order valence-electron chi connectivity index (χ1n) is 11.4. The van der Waals surface area contributed by atoms with Crippen molar-refractivity contribution in [3.05, 3.63) is 0 Å². The van der Waals surface area contributed by atoms with E-state index in [4.69, 9.17) is 0 Å². The average molecular weight is 404 g/mol. The molecule has 0 rings (SSSR count). The van der Waals surface area contributed by atoms with Crippen molar-refractivity contribution >= 4 is 5.91 Å². The molecule has 168 valence electrons. The van der Waals surface area contributed by atoms with Crippen LogP contribution in [-0.4, -0.2) is 57.3 Å². The van der Waals surface area contributed by atoms with Crippen LogP contribution >= 0.6 is 0 Å². The number of unbranched alkanes of at least 4 members (excludes halogenated alkanes) is 10. The molecule has 0 radical (unpaired) electrons. The predicted molar refractivity (Wildman–Crippen MR) is 113 cm³/mol. The summed E-state index contributed by atoms with van der Waals surface area (Å²) >= 11 is 0. The Bertz CT molecular complexity index is 367. The summed E-state index contributed by atoms with van der Waals surface area (Å²) in [6, 6.07) is -0.970. The van der Waals surface area contributed by atoms with Crippen LogP contribution in [-0.2, 0) is 4.79 Å². The largest absolute Gasteiger partial charge is 0.394 e. The lowest BCUT2D eigenvalue weighted by atomic mass is 9.99. The quantitative estimate of drug-likeness (QED) is 0.213. The molecule has 0 aliphatic carbocycles. The van der Waals surface area contributed by atoms with Gasteiger partial charge in [-0.25, -0.2) is 0 Å². The van der Waals surface area contributed by atoms with Gasteiger partial charge in [-0.3, -0.25) is 4.79 Å². The highest BCUT2D eigenvalue weighted by molar-refractivity contribution is 5.80. The number of hydrogen-bond donors (Lipinski definition) is 5. The van der Waals surface area contributed by atoms with Crippen molar-refractivity contribution in [3.63, 3.8) is 0 Å². The molecule has 0 aromatic carbocycles. The Morgan fingerprint density at radius 3 is 1.75 bits per heavy atom. The second kappa shape index (κ2) is 18.3. The predicted octanol–water partition coefficient (Wildman–Crippen LogP) is 3.05. The zero-order valence-electron chi connectivity index (χ0n) is 18.1. The number of carbonyl (C=O) groups is 1. The van der Waals surface area contributed by atoms with Gasteiger partial charge in [0.1, 0.15) is 12.2 Å². The Labute approximate surface area is 171 Å². The topological polar surface area (TPSA) is 110 Å². The van der Waals surface area contributed by atoms with E-state index < -0.39 is 36.9 Å². The average Bonchev–Trinajstić information content (AvgIpc) is 2.70. The van der Waals surface area contributed by atoms with Crippen molar-refractivity contribution in [1.29, 1.82) is 0 Å². The lowest BCUT2D eigenvalue weighted by Crippen LogP contribution is -2.53. The molecule has 0 aliphatic heterocycles. The Morgan fingerprint density at radius 2 is 1.21 bits per heavy atom. The molecule has 28 heavy (non-hydrogen) atoms. The lowest BCUT2D eigenvalue weighted by molar-refractivity contribution is -0.132. The molecule has 1 amide bonds. The zero-order chi connectivity index (χ0) is 21.2. The highest BCUT2D eigenvalue weighted by Crippen LogP contribution is 2.13. The smallest absolute Gasteiger partial charge is 0.249 e. The summed E-state index contributed by atoms with van der Waals surface area (Å²) < 4.78 is 0. The third-order valence-electron chi connectivity index (χ3n) is 5.32. The van der Waals surface area contributed by atoms with E-state index in [0.29, 0.717) is 12.8 Å². The molecule has 5 N–H and O–H groups in total. The second-order valence-corrected chi connectivity index (χ2v) is 7.98. The van der Waals surface area contributed by atoms with E-state index in [9.17, 15) is 25.2 Å². The lowest BCUT2D eigenvalue weighted by Gasteiger charge is -2.27. The molecular weight excluding hydrogens is 358 g/mol. The molecule has 6 nitrogen and oxygen atoms in total. The molecule has 0 spiro atoms. The summed E-state index contributed by atoms with van der Waals surface area (Å²) in [6.45, 7) is 3.81. The van der Waals surface area contributed by atoms with Gasteiger partial charge in [-0.2, -0.15) is 0 Å². The molecule has 0 aliphatic rings. The minimum absolute atomic E-state index is 0.370. The molecule has 0 aromatic rings. The molecule has 0 heterocycles. The molecule has 0 saturated carbocycles. The summed E-state index contributed by atoms with van der Waals surface area (Å²) in [6.07, 6.45) is 10.4. The maximum absolute atomic E-state index is 12.1. The van der Waals surface area contributed by atoms with Crippen LogP contribution in [0.1, 0.15) is 104 Å². The van der Waals surface area contributed by atoms with Crippen LogP contribution < -0.4 is 5.32 Å². The summed E-state index contributed by atoms with van der Waals surface area (Å²) in [7, 11) is 0. The number of rotatable bonds is 19. The fourth-order valence-corrected chi connectivity index (χ4v) is 3.34. The highest BCUT2D eigenvalue weighted by atomic mass is 16.3. The van der Waals surface area contributed by atoms with Crippen LogP contribution in [0, 0.1) is 0 Å². The van der Waals surface area contributed by atoms with Crippen LogP contribution in [0.4, 0.5) is 0 Å². The van der Waals surface area contributed by atoms with Crippen molar-refractivity contribution < 1.29 is 25.2 Å². The monoisotopic (exact) mass is 403 g/mol. The Morgan fingerprint density at radius 1 is 0.750 bits per heavy atom. The number of aliphatic hydroxyl groups excluding tert-OH is 4. The van der Waals surface area contributed by atoms with Gasteiger partial charge in [0.25, 0.3) is 0 Å². The van der Waals surface area contributed by atoms with E-state index in [-0.39, 0.29) is 0 Å². The summed E-state index contributed by atoms with van der Waals surface area (Å²) in [5.41, 5.74) is 0. The SMILES string of the molecule is CCCCCCCCCCC(O)C(=O)NC(CO)C(O)C(O)CCCCCC. The van der Waals surface area contributed by atoms with Gasteiger partial charge >= 0.3 is 0 Å². The van der Waals surface area contributed by atoms with Gasteiger partial charge in [-0.1, -0.05) is 90.9 Å². The third-order valence-corrected chi connectivity index (χ3v) is 5.32. The first kappa shape index (κ1) is 27.3. The summed E-state index contributed by atoms with van der Waals surface area (Å²) in [5.74, 6) is -0.598. The van der Waals surface area contributed by atoms with Crippen LogP contribution in [0.5, 0.6) is 0 Å². The van der Waals surface area contributed by atoms with E-state index in [1.54, 1.807) is 0 Å². The number of carbonyl (C=O) groups excluding carboxylic acids is 1. The van der Waals surface area contributed by atoms with Gasteiger partial charge in [0.2, 0.25) is 5.91 Å². The first-order valence-corrected chi connectivity index (χ1v) is 11.4. The molecule has 0 aromatic heterocycles. The van der Waals surface area contributed by atoms with Crippen molar-refractivity contribution in [2.45, 2.75) is 128 Å². The Kier molecular flexibility index (Phi) is 17.9. The molecule has 6 heteroatoms. The van der Waals surface area contributed by atoms with Crippen molar-refractivity contribution in [2.75, 3.05) is 6.61 Å². The fraction of sp³-hybridized carbons (Fsp3) is 0.955. The van der Waals surface area contributed by atoms with E-state index in [1.807, 2.05) is 0 Å². The Balaban J connectivity index is 4.05. The van der Waals surface area contributed by atoms with Crippen molar-refractivity contribution in [1.82, 2.24) is 5.32 Å². The normalized spacial score (nSPS) is 15.8. The molecule has 4 unspecified atom stereocenters. The minimum Gasteiger partial charge on any atom is -0.394 e. The summed E-state index contributed by atoms with van der Waals surface area (Å²) in [5, 5.41) is 42.2. The fourth-order valence-electron chi connectivity index (χ4n) is 3.34. The van der Waals surface area contributed by atoms with Gasteiger partial charge in [0.15, 0.2) is 0 Å². The maximum atomic E-state index is 12.1. The number of amides is 1.